The molecule has 1 aromatic carbocycles. The number of amides is 2. The standard InChI is InChI=1S/C17H20ClN5O2/c1-10-14(15(18)22(4)20-10)16-21(3)17(25)11-7-5-6-8-12(11)23(16)9-13(24)19-2/h5-8,16H,9H2,1-4H3,(H,19,24)/t16-/m0/s1. The molecule has 132 valence electrons. The largest absolute Gasteiger partial charge is 0.358 e. The summed E-state index contributed by atoms with van der Waals surface area (Å²) in [4.78, 5) is 28.5. The number of nitrogens with zero attached hydrogens (tertiary/aromatic N) is 4. The van der Waals surface area contributed by atoms with Crippen molar-refractivity contribution in [2.75, 3.05) is 25.5 Å². The van der Waals surface area contributed by atoms with Crippen LogP contribution in [0.5, 0.6) is 0 Å². The smallest absolute Gasteiger partial charge is 0.257 e. The molecule has 2 amide bonds. The van der Waals surface area contributed by atoms with E-state index >= 15 is 0 Å². The molecule has 1 aliphatic rings. The predicted molar refractivity (Wildman–Crippen MR) is 95.6 cm³/mol. The summed E-state index contributed by atoms with van der Waals surface area (Å²) in [6.07, 6.45) is -0.513. The highest BCUT2D eigenvalue weighted by atomic mass is 35.5. The van der Waals surface area contributed by atoms with Crippen molar-refractivity contribution in [2.24, 2.45) is 7.05 Å². The van der Waals surface area contributed by atoms with Crippen LogP contribution in [0.1, 0.15) is 27.8 Å². The minimum Gasteiger partial charge on any atom is -0.358 e. The van der Waals surface area contributed by atoms with Crippen LogP contribution in [0.25, 0.3) is 0 Å². The van der Waals surface area contributed by atoms with Crippen LogP contribution in [0, 0.1) is 6.92 Å². The Hall–Kier alpha value is -2.54. The Bertz CT molecular complexity index is 848. The summed E-state index contributed by atoms with van der Waals surface area (Å²) in [6, 6.07) is 7.27. The van der Waals surface area contributed by atoms with E-state index in [0.29, 0.717) is 16.4 Å². The molecule has 7 nitrogen and oxygen atoms in total. The molecule has 8 heteroatoms. The van der Waals surface area contributed by atoms with E-state index in [1.807, 2.05) is 30.0 Å². The number of anilines is 1. The van der Waals surface area contributed by atoms with E-state index < -0.39 is 6.17 Å². The second kappa shape index (κ2) is 6.40. The molecular weight excluding hydrogens is 342 g/mol. The minimum atomic E-state index is -0.513. The number of likely N-dealkylation sites (N-methyl/N-ethyl adjacent to an activating group) is 1. The van der Waals surface area contributed by atoms with Gasteiger partial charge < -0.3 is 15.1 Å². The van der Waals surface area contributed by atoms with E-state index in [2.05, 4.69) is 10.4 Å². The number of benzene rings is 1. The zero-order chi connectivity index (χ0) is 18.3. The normalized spacial score (nSPS) is 16.8. The molecule has 2 aromatic rings. The average molecular weight is 362 g/mol. The van der Waals surface area contributed by atoms with Gasteiger partial charge in [0.25, 0.3) is 5.91 Å². The lowest BCUT2D eigenvalue weighted by Gasteiger charge is -2.43. The number of hydrogen-bond donors (Lipinski definition) is 1. The number of halogens is 1. The summed E-state index contributed by atoms with van der Waals surface area (Å²) < 4.78 is 1.57. The molecule has 1 aromatic heterocycles. The molecule has 0 saturated heterocycles. The molecule has 25 heavy (non-hydrogen) atoms. The van der Waals surface area contributed by atoms with Crippen molar-refractivity contribution in [3.8, 4) is 0 Å². The van der Waals surface area contributed by atoms with Gasteiger partial charge in [0, 0.05) is 21.1 Å². The van der Waals surface area contributed by atoms with Crippen LogP contribution < -0.4 is 10.2 Å². The Morgan fingerprint density at radius 2 is 2.00 bits per heavy atom. The fourth-order valence-electron chi connectivity index (χ4n) is 3.24. The van der Waals surface area contributed by atoms with Gasteiger partial charge in [-0.2, -0.15) is 5.10 Å². The molecule has 0 unspecified atom stereocenters. The van der Waals surface area contributed by atoms with Gasteiger partial charge in [-0.25, -0.2) is 0 Å². The number of hydrogen-bond acceptors (Lipinski definition) is 4. The number of fused-ring (bicyclic) bond motifs is 1. The van der Waals surface area contributed by atoms with Gasteiger partial charge in [-0.05, 0) is 19.1 Å². The fraction of sp³-hybridized carbons (Fsp3) is 0.353. The van der Waals surface area contributed by atoms with Gasteiger partial charge in [-0.3, -0.25) is 14.3 Å². The van der Waals surface area contributed by atoms with E-state index in [9.17, 15) is 9.59 Å². The number of aryl methyl sites for hydroxylation is 2. The third-order valence-corrected chi connectivity index (χ3v) is 4.92. The Labute approximate surface area is 151 Å². The molecule has 0 radical (unpaired) electrons. The topological polar surface area (TPSA) is 70.5 Å². The first-order valence-electron chi connectivity index (χ1n) is 7.89. The van der Waals surface area contributed by atoms with E-state index in [-0.39, 0.29) is 18.4 Å². The van der Waals surface area contributed by atoms with Crippen molar-refractivity contribution in [3.63, 3.8) is 0 Å². The monoisotopic (exact) mass is 361 g/mol. The molecule has 1 aliphatic heterocycles. The summed E-state index contributed by atoms with van der Waals surface area (Å²) in [5.74, 6) is -0.270. The first kappa shape index (κ1) is 17.3. The Kier molecular flexibility index (Phi) is 4.43. The summed E-state index contributed by atoms with van der Waals surface area (Å²) in [6.45, 7) is 1.94. The summed E-state index contributed by atoms with van der Waals surface area (Å²) >= 11 is 6.46. The van der Waals surface area contributed by atoms with Gasteiger partial charge in [0.15, 0.2) is 0 Å². The van der Waals surface area contributed by atoms with Crippen LogP contribution in [0.2, 0.25) is 5.15 Å². The van der Waals surface area contributed by atoms with Crippen LogP contribution in [-0.2, 0) is 11.8 Å². The lowest BCUT2D eigenvalue weighted by Crippen LogP contribution is -2.50. The summed E-state index contributed by atoms with van der Waals surface area (Å²) in [5, 5.41) is 7.44. The van der Waals surface area contributed by atoms with Crippen molar-refractivity contribution in [3.05, 3.63) is 46.2 Å². The lowest BCUT2D eigenvalue weighted by molar-refractivity contribution is -0.119. The van der Waals surface area contributed by atoms with Crippen molar-refractivity contribution in [1.29, 1.82) is 0 Å². The Balaban J connectivity index is 2.20. The zero-order valence-electron chi connectivity index (χ0n) is 14.6. The number of para-hydroxylation sites is 1. The zero-order valence-corrected chi connectivity index (χ0v) is 15.3. The maximum absolute atomic E-state index is 12.9. The maximum Gasteiger partial charge on any atom is 0.257 e. The Morgan fingerprint density at radius 1 is 1.32 bits per heavy atom. The Morgan fingerprint density at radius 3 is 2.60 bits per heavy atom. The second-order valence-electron chi connectivity index (χ2n) is 6.02. The number of aromatic nitrogens is 2. The lowest BCUT2D eigenvalue weighted by atomic mass is 10.0. The van der Waals surface area contributed by atoms with Gasteiger partial charge in [0.2, 0.25) is 5.91 Å². The van der Waals surface area contributed by atoms with Gasteiger partial charge in [0.1, 0.15) is 11.3 Å². The van der Waals surface area contributed by atoms with Gasteiger partial charge in [0.05, 0.1) is 29.1 Å². The van der Waals surface area contributed by atoms with Crippen LogP contribution >= 0.6 is 11.6 Å². The van der Waals surface area contributed by atoms with Crippen LogP contribution in [-0.4, -0.2) is 47.1 Å². The third kappa shape index (κ3) is 2.74. The van der Waals surface area contributed by atoms with Gasteiger partial charge in [-0.1, -0.05) is 23.7 Å². The minimum absolute atomic E-state index is 0.0977. The quantitative estimate of drug-likeness (QED) is 0.903. The SMILES string of the molecule is CNC(=O)CN1c2ccccc2C(=O)N(C)[C@@H]1c1c(C)nn(C)c1Cl. The molecule has 0 saturated carbocycles. The molecular formula is C17H20ClN5O2. The van der Waals surface area contributed by atoms with E-state index in [0.717, 1.165) is 11.3 Å². The van der Waals surface area contributed by atoms with Crippen molar-refractivity contribution >= 4 is 29.1 Å². The van der Waals surface area contributed by atoms with Crippen LogP contribution in [0.15, 0.2) is 24.3 Å². The number of carbonyl (C=O) groups is 2. The van der Waals surface area contributed by atoms with Crippen molar-refractivity contribution in [2.45, 2.75) is 13.1 Å². The fourth-order valence-corrected chi connectivity index (χ4v) is 3.51. The predicted octanol–water partition coefficient (Wildman–Crippen LogP) is 1.72. The third-order valence-electron chi connectivity index (χ3n) is 4.47. The van der Waals surface area contributed by atoms with Crippen molar-refractivity contribution in [1.82, 2.24) is 20.0 Å². The van der Waals surface area contributed by atoms with Gasteiger partial charge in [-0.15, -0.1) is 0 Å². The molecule has 1 N–H and O–H groups in total. The number of rotatable bonds is 3. The molecule has 0 fully saturated rings. The first-order valence-corrected chi connectivity index (χ1v) is 8.27. The van der Waals surface area contributed by atoms with Gasteiger partial charge >= 0.3 is 0 Å². The van der Waals surface area contributed by atoms with Crippen LogP contribution in [0.3, 0.4) is 0 Å². The van der Waals surface area contributed by atoms with E-state index in [1.165, 1.54) is 0 Å². The second-order valence-corrected chi connectivity index (χ2v) is 6.38. The maximum atomic E-state index is 12.9. The molecule has 2 heterocycles. The average Bonchev–Trinajstić information content (AvgIpc) is 2.85. The summed E-state index contributed by atoms with van der Waals surface area (Å²) in [5.41, 5.74) is 2.71. The molecule has 3 rings (SSSR count). The molecule has 1 atom stereocenters. The van der Waals surface area contributed by atoms with E-state index in [4.69, 9.17) is 11.6 Å². The van der Waals surface area contributed by atoms with E-state index in [1.54, 1.807) is 36.8 Å². The number of nitrogens with one attached hydrogen (secondary N) is 1. The van der Waals surface area contributed by atoms with Crippen molar-refractivity contribution < 1.29 is 9.59 Å². The molecule has 0 bridgehead atoms. The highest BCUT2D eigenvalue weighted by molar-refractivity contribution is 6.30. The first-order chi connectivity index (χ1) is 11.9. The highest BCUT2D eigenvalue weighted by Gasteiger charge is 2.40. The highest BCUT2D eigenvalue weighted by Crippen LogP contribution is 2.40. The van der Waals surface area contributed by atoms with Crippen LogP contribution in [0.4, 0.5) is 5.69 Å². The molecule has 0 spiro atoms. The molecule has 0 aliphatic carbocycles. The summed E-state index contributed by atoms with van der Waals surface area (Å²) in [7, 11) is 5.05. The number of carbonyl (C=O) groups excluding carboxylic acids is 2.